The lowest BCUT2D eigenvalue weighted by Gasteiger charge is -2.15. The van der Waals surface area contributed by atoms with Gasteiger partial charge in [0, 0.05) is 6.42 Å². The Hall–Kier alpha value is -0.800. The van der Waals surface area contributed by atoms with Crippen LogP contribution in [0.2, 0.25) is 5.02 Å². The molecule has 0 saturated heterocycles. The van der Waals surface area contributed by atoms with E-state index < -0.39 is 0 Å². The average Bonchev–Trinajstić information content (AvgIpc) is 2.08. The maximum atomic E-state index is 6.02. The molecule has 0 aliphatic carbocycles. The molecule has 0 fully saturated rings. The molecular formula is C11H14ClNOS. The van der Waals surface area contributed by atoms with Crippen molar-refractivity contribution in [1.82, 2.24) is 0 Å². The molecule has 1 unspecified atom stereocenters. The van der Waals surface area contributed by atoms with Crippen LogP contribution in [0, 0.1) is 6.92 Å². The minimum absolute atomic E-state index is 0.0530. The van der Waals surface area contributed by atoms with Crippen LogP contribution in [0.1, 0.15) is 18.9 Å². The number of aryl methyl sites for hydroxylation is 1. The summed E-state index contributed by atoms with van der Waals surface area (Å²) < 4.78 is 5.61. The first-order valence-electron chi connectivity index (χ1n) is 4.70. The summed E-state index contributed by atoms with van der Waals surface area (Å²) in [6.45, 7) is 3.89. The molecule has 1 aromatic carbocycles. The Balaban J connectivity index is 2.68. The van der Waals surface area contributed by atoms with Crippen LogP contribution in [0.5, 0.6) is 5.75 Å². The van der Waals surface area contributed by atoms with Crippen molar-refractivity contribution in [2.24, 2.45) is 5.73 Å². The molecule has 0 bridgehead atoms. The van der Waals surface area contributed by atoms with Crippen molar-refractivity contribution in [3.63, 3.8) is 0 Å². The van der Waals surface area contributed by atoms with Gasteiger partial charge in [-0.05, 0) is 31.5 Å². The van der Waals surface area contributed by atoms with Gasteiger partial charge >= 0.3 is 0 Å². The van der Waals surface area contributed by atoms with Crippen LogP contribution in [0.25, 0.3) is 0 Å². The summed E-state index contributed by atoms with van der Waals surface area (Å²) in [6, 6.07) is 5.67. The highest BCUT2D eigenvalue weighted by molar-refractivity contribution is 7.80. The Labute approximate surface area is 100 Å². The molecule has 15 heavy (non-hydrogen) atoms. The molecule has 1 atom stereocenters. The maximum Gasteiger partial charge on any atom is 0.138 e. The Morgan fingerprint density at radius 3 is 2.80 bits per heavy atom. The number of hydrogen-bond acceptors (Lipinski definition) is 2. The SMILES string of the molecule is Cc1ccc(OC(C)CC(N)=S)c(Cl)c1. The minimum atomic E-state index is -0.0530. The zero-order valence-corrected chi connectivity index (χ0v) is 10.4. The summed E-state index contributed by atoms with van der Waals surface area (Å²) in [5.41, 5.74) is 6.53. The standard InChI is InChI=1S/C11H14ClNOS/c1-7-3-4-10(9(12)5-7)14-8(2)6-11(13)15/h3-5,8H,6H2,1-2H3,(H2,13,15). The van der Waals surface area contributed by atoms with E-state index in [2.05, 4.69) is 0 Å². The first-order valence-corrected chi connectivity index (χ1v) is 5.49. The molecule has 82 valence electrons. The fourth-order valence-corrected chi connectivity index (χ4v) is 1.76. The van der Waals surface area contributed by atoms with Crippen molar-refractivity contribution >= 4 is 28.8 Å². The van der Waals surface area contributed by atoms with Gasteiger partial charge in [-0.15, -0.1) is 0 Å². The van der Waals surface area contributed by atoms with Crippen LogP contribution in [-0.2, 0) is 0 Å². The van der Waals surface area contributed by atoms with E-state index in [1.165, 1.54) is 0 Å². The van der Waals surface area contributed by atoms with E-state index in [1.54, 1.807) is 0 Å². The Morgan fingerprint density at radius 1 is 1.60 bits per heavy atom. The van der Waals surface area contributed by atoms with Gasteiger partial charge in [-0.25, -0.2) is 0 Å². The molecule has 0 aliphatic heterocycles. The van der Waals surface area contributed by atoms with Crippen LogP contribution in [0.3, 0.4) is 0 Å². The molecule has 0 saturated carbocycles. The maximum absolute atomic E-state index is 6.02. The van der Waals surface area contributed by atoms with Crippen molar-refractivity contribution < 1.29 is 4.74 Å². The number of ether oxygens (including phenoxy) is 1. The van der Waals surface area contributed by atoms with E-state index in [1.807, 2.05) is 32.0 Å². The first kappa shape index (κ1) is 12.3. The molecule has 4 heteroatoms. The van der Waals surface area contributed by atoms with Crippen molar-refractivity contribution in [2.45, 2.75) is 26.4 Å². The third-order valence-electron chi connectivity index (χ3n) is 1.90. The molecule has 0 spiro atoms. The van der Waals surface area contributed by atoms with Crippen molar-refractivity contribution in [3.8, 4) is 5.75 Å². The zero-order valence-electron chi connectivity index (χ0n) is 8.79. The van der Waals surface area contributed by atoms with Gasteiger partial charge in [0.25, 0.3) is 0 Å². The molecule has 0 radical (unpaired) electrons. The second-order valence-corrected chi connectivity index (χ2v) is 4.46. The van der Waals surface area contributed by atoms with E-state index in [0.717, 1.165) is 5.56 Å². The number of rotatable bonds is 4. The van der Waals surface area contributed by atoms with Gasteiger partial charge in [0.15, 0.2) is 0 Å². The summed E-state index contributed by atoms with van der Waals surface area (Å²) in [4.78, 5) is 0.450. The van der Waals surface area contributed by atoms with Gasteiger partial charge in [-0.2, -0.15) is 0 Å². The van der Waals surface area contributed by atoms with Gasteiger partial charge in [0.1, 0.15) is 11.9 Å². The van der Waals surface area contributed by atoms with Crippen LogP contribution in [0.15, 0.2) is 18.2 Å². The third-order valence-corrected chi connectivity index (χ3v) is 2.37. The van der Waals surface area contributed by atoms with Crippen molar-refractivity contribution in [1.29, 1.82) is 0 Å². The molecular weight excluding hydrogens is 230 g/mol. The van der Waals surface area contributed by atoms with E-state index in [9.17, 15) is 0 Å². The fraction of sp³-hybridized carbons (Fsp3) is 0.364. The molecule has 2 N–H and O–H groups in total. The molecule has 0 amide bonds. The minimum Gasteiger partial charge on any atom is -0.489 e. The lowest BCUT2D eigenvalue weighted by atomic mass is 10.2. The first-order chi connectivity index (χ1) is 6.99. The molecule has 0 heterocycles. The van der Waals surface area contributed by atoms with Crippen molar-refractivity contribution in [3.05, 3.63) is 28.8 Å². The summed E-state index contributed by atoms with van der Waals surface area (Å²) >= 11 is 10.8. The predicted octanol–water partition coefficient (Wildman–Crippen LogP) is 3.09. The smallest absolute Gasteiger partial charge is 0.138 e. The van der Waals surface area contributed by atoms with E-state index in [0.29, 0.717) is 22.2 Å². The fourth-order valence-electron chi connectivity index (χ4n) is 1.24. The number of halogens is 1. The normalized spacial score (nSPS) is 12.2. The topological polar surface area (TPSA) is 35.2 Å². The van der Waals surface area contributed by atoms with Gasteiger partial charge in [0.2, 0.25) is 0 Å². The third kappa shape index (κ3) is 4.06. The molecule has 2 nitrogen and oxygen atoms in total. The van der Waals surface area contributed by atoms with Crippen LogP contribution in [-0.4, -0.2) is 11.1 Å². The number of thiocarbonyl (C=S) groups is 1. The summed E-state index contributed by atoms with van der Waals surface area (Å²) in [7, 11) is 0. The highest BCUT2D eigenvalue weighted by Crippen LogP contribution is 2.26. The molecule has 1 rings (SSSR count). The largest absolute Gasteiger partial charge is 0.489 e. The lowest BCUT2D eigenvalue weighted by molar-refractivity contribution is 0.230. The number of nitrogens with two attached hydrogens (primary N) is 1. The van der Waals surface area contributed by atoms with Gasteiger partial charge in [-0.1, -0.05) is 29.9 Å². The van der Waals surface area contributed by atoms with Crippen LogP contribution < -0.4 is 10.5 Å². The Morgan fingerprint density at radius 2 is 2.27 bits per heavy atom. The van der Waals surface area contributed by atoms with E-state index in [-0.39, 0.29) is 6.10 Å². The Kier molecular flexibility index (Phi) is 4.36. The summed E-state index contributed by atoms with van der Waals surface area (Å²) in [5.74, 6) is 0.672. The highest BCUT2D eigenvalue weighted by atomic mass is 35.5. The summed E-state index contributed by atoms with van der Waals surface area (Å²) in [5, 5.41) is 0.616. The van der Waals surface area contributed by atoms with Crippen LogP contribution in [0.4, 0.5) is 0 Å². The van der Waals surface area contributed by atoms with Gasteiger partial charge in [0.05, 0.1) is 10.0 Å². The van der Waals surface area contributed by atoms with Crippen molar-refractivity contribution in [2.75, 3.05) is 0 Å². The molecule has 0 aliphatic rings. The zero-order chi connectivity index (χ0) is 11.4. The molecule has 0 aromatic heterocycles. The summed E-state index contributed by atoms with van der Waals surface area (Å²) in [6.07, 6.45) is 0.502. The second-order valence-electron chi connectivity index (χ2n) is 3.53. The monoisotopic (exact) mass is 243 g/mol. The average molecular weight is 244 g/mol. The van der Waals surface area contributed by atoms with Crippen LogP contribution >= 0.6 is 23.8 Å². The van der Waals surface area contributed by atoms with Gasteiger partial charge < -0.3 is 10.5 Å². The predicted molar refractivity (Wildman–Crippen MR) is 67.7 cm³/mol. The molecule has 1 aromatic rings. The van der Waals surface area contributed by atoms with Gasteiger partial charge in [-0.3, -0.25) is 0 Å². The second kappa shape index (κ2) is 5.33. The number of benzene rings is 1. The Bertz CT molecular complexity index is 368. The lowest BCUT2D eigenvalue weighted by Crippen LogP contribution is -2.20. The van der Waals surface area contributed by atoms with E-state index in [4.69, 9.17) is 34.3 Å². The number of hydrogen-bond donors (Lipinski definition) is 1. The van der Waals surface area contributed by atoms with E-state index >= 15 is 0 Å². The quantitative estimate of drug-likeness (QED) is 0.826. The highest BCUT2D eigenvalue weighted by Gasteiger charge is 2.08.